The molecule has 0 saturated heterocycles. The Bertz CT molecular complexity index is 1010. The minimum Gasteiger partial charge on any atom is -0.467 e. The molecule has 0 unspecified atom stereocenters. The molecule has 2 aromatic heterocycles. The molecule has 29 heavy (non-hydrogen) atoms. The Kier molecular flexibility index (Phi) is 5.53. The van der Waals surface area contributed by atoms with Crippen molar-refractivity contribution in [2.75, 3.05) is 13.1 Å². The van der Waals surface area contributed by atoms with Crippen LogP contribution in [0.2, 0.25) is 0 Å². The summed E-state index contributed by atoms with van der Waals surface area (Å²) in [7, 11) is 0. The van der Waals surface area contributed by atoms with Gasteiger partial charge in [0.2, 0.25) is 11.8 Å². The van der Waals surface area contributed by atoms with Gasteiger partial charge in [-0.2, -0.15) is 0 Å². The van der Waals surface area contributed by atoms with E-state index in [0.717, 1.165) is 17.5 Å². The summed E-state index contributed by atoms with van der Waals surface area (Å²) in [5.74, 6) is 0.481. The van der Waals surface area contributed by atoms with Crippen molar-refractivity contribution in [2.45, 2.75) is 32.9 Å². The zero-order valence-electron chi connectivity index (χ0n) is 16.6. The molecule has 0 saturated carbocycles. The normalized spacial score (nSPS) is 15.8. The topological polar surface area (TPSA) is 53.8 Å². The predicted octanol–water partition coefficient (Wildman–Crippen LogP) is 4.17. The number of fused-ring (bicyclic) bond motifs is 1. The first-order valence-corrected chi connectivity index (χ1v) is 10.6. The summed E-state index contributed by atoms with van der Waals surface area (Å²) in [5, 5.41) is 2.10. The van der Waals surface area contributed by atoms with Crippen LogP contribution in [-0.4, -0.2) is 34.7 Å². The van der Waals surface area contributed by atoms with E-state index < -0.39 is 0 Å². The third-order valence-corrected chi connectivity index (χ3v) is 6.46. The second kappa shape index (κ2) is 8.25. The third kappa shape index (κ3) is 3.98. The minimum atomic E-state index is -0.143. The third-order valence-electron chi connectivity index (χ3n) is 5.47. The largest absolute Gasteiger partial charge is 0.467 e. The number of nitrogens with zero attached hydrogens (tertiary/aromatic N) is 2. The fraction of sp³-hybridized carbons (Fsp3) is 0.304. The number of hydrogen-bond acceptors (Lipinski definition) is 4. The maximum Gasteiger partial charge on any atom is 0.243 e. The molecule has 0 N–H and O–H groups in total. The highest BCUT2D eigenvalue weighted by Crippen LogP contribution is 2.39. The summed E-state index contributed by atoms with van der Waals surface area (Å²) >= 11 is 1.75. The molecule has 150 valence electrons. The van der Waals surface area contributed by atoms with E-state index in [9.17, 15) is 9.59 Å². The van der Waals surface area contributed by atoms with Gasteiger partial charge in [0.1, 0.15) is 12.3 Å². The van der Waals surface area contributed by atoms with Gasteiger partial charge in [-0.1, -0.05) is 24.3 Å². The molecule has 3 aromatic rings. The monoisotopic (exact) mass is 408 g/mol. The number of carbonyl (C=O) groups excluding carboxylic acids is 2. The van der Waals surface area contributed by atoms with E-state index in [1.54, 1.807) is 28.6 Å². The number of aryl methyl sites for hydroxylation is 1. The van der Waals surface area contributed by atoms with Crippen molar-refractivity contribution in [1.29, 1.82) is 0 Å². The van der Waals surface area contributed by atoms with E-state index in [-0.39, 0.29) is 24.4 Å². The van der Waals surface area contributed by atoms with Crippen LogP contribution in [0.25, 0.3) is 0 Å². The molecule has 0 aliphatic carbocycles. The summed E-state index contributed by atoms with van der Waals surface area (Å²) < 4.78 is 5.37. The number of furan rings is 1. The number of amides is 2. The van der Waals surface area contributed by atoms with Crippen molar-refractivity contribution in [3.05, 3.63) is 81.4 Å². The summed E-state index contributed by atoms with van der Waals surface area (Å²) in [6.45, 7) is 4.55. The number of thiophene rings is 1. The van der Waals surface area contributed by atoms with Gasteiger partial charge in [-0.15, -0.1) is 11.3 Å². The van der Waals surface area contributed by atoms with Gasteiger partial charge >= 0.3 is 0 Å². The molecule has 0 spiro atoms. The molecule has 4 rings (SSSR count). The first-order valence-electron chi connectivity index (χ1n) is 9.73. The van der Waals surface area contributed by atoms with Crippen LogP contribution in [-0.2, 0) is 22.6 Å². The van der Waals surface area contributed by atoms with E-state index >= 15 is 0 Å². The summed E-state index contributed by atoms with van der Waals surface area (Å²) in [4.78, 5) is 30.3. The summed E-state index contributed by atoms with van der Waals surface area (Å²) in [6, 6.07) is 13.8. The van der Waals surface area contributed by atoms with Crippen molar-refractivity contribution in [3.8, 4) is 0 Å². The molecule has 0 radical (unpaired) electrons. The van der Waals surface area contributed by atoms with Gasteiger partial charge in [0.15, 0.2) is 0 Å². The van der Waals surface area contributed by atoms with Crippen LogP contribution in [0.15, 0.2) is 58.5 Å². The molecule has 1 aliphatic rings. The van der Waals surface area contributed by atoms with Gasteiger partial charge < -0.3 is 14.2 Å². The lowest BCUT2D eigenvalue weighted by atomic mass is 9.90. The Morgan fingerprint density at radius 3 is 2.72 bits per heavy atom. The molecular formula is C23H24N2O3S. The zero-order chi connectivity index (χ0) is 20.4. The van der Waals surface area contributed by atoms with Gasteiger partial charge in [0.05, 0.1) is 18.8 Å². The Morgan fingerprint density at radius 2 is 2.00 bits per heavy atom. The summed E-state index contributed by atoms with van der Waals surface area (Å²) in [5.41, 5.74) is 3.50. The number of rotatable bonds is 5. The van der Waals surface area contributed by atoms with Crippen LogP contribution in [0, 0.1) is 6.92 Å². The molecule has 1 atom stereocenters. The zero-order valence-corrected chi connectivity index (χ0v) is 17.4. The molecule has 1 aromatic carbocycles. The molecule has 2 amide bonds. The van der Waals surface area contributed by atoms with Gasteiger partial charge in [0.25, 0.3) is 0 Å². The van der Waals surface area contributed by atoms with Crippen molar-refractivity contribution < 1.29 is 14.0 Å². The maximum atomic E-state index is 13.4. The molecule has 0 fully saturated rings. The highest BCUT2D eigenvalue weighted by Gasteiger charge is 2.34. The number of benzene rings is 1. The second-order valence-electron chi connectivity index (χ2n) is 7.35. The maximum absolute atomic E-state index is 13.4. The van der Waals surface area contributed by atoms with Crippen molar-refractivity contribution >= 4 is 23.2 Å². The van der Waals surface area contributed by atoms with Gasteiger partial charge in [-0.25, -0.2) is 0 Å². The van der Waals surface area contributed by atoms with Gasteiger partial charge in [-0.3, -0.25) is 9.59 Å². The van der Waals surface area contributed by atoms with Crippen LogP contribution in [0.1, 0.15) is 40.3 Å². The molecule has 5 nitrogen and oxygen atoms in total. The Hall–Kier alpha value is -2.86. The molecule has 0 bridgehead atoms. The van der Waals surface area contributed by atoms with Gasteiger partial charge in [-0.05, 0) is 53.6 Å². The highest BCUT2D eigenvalue weighted by molar-refractivity contribution is 7.10. The van der Waals surface area contributed by atoms with E-state index in [4.69, 9.17) is 4.42 Å². The fourth-order valence-electron chi connectivity index (χ4n) is 3.94. The molecular weight excluding hydrogens is 384 g/mol. The Balaban J connectivity index is 1.62. The van der Waals surface area contributed by atoms with Crippen LogP contribution < -0.4 is 0 Å². The van der Waals surface area contributed by atoms with Crippen LogP contribution in [0.3, 0.4) is 0 Å². The highest BCUT2D eigenvalue weighted by atomic mass is 32.1. The number of hydrogen-bond donors (Lipinski definition) is 0. The summed E-state index contributed by atoms with van der Waals surface area (Å²) in [6.07, 6.45) is 2.42. The fourth-order valence-corrected chi connectivity index (χ4v) is 4.84. The standard InChI is InChI=1S/C23H24N2O3S/c1-16-6-3-4-8-19(16)23-20-10-13-29-21(20)9-11-25(23)22(27)15-24(17(2)26)14-18-7-5-12-28-18/h3-8,10,12-13,23H,9,11,14-15H2,1-2H3/t23-/m1/s1. The van der Waals surface area contributed by atoms with Crippen LogP contribution >= 0.6 is 11.3 Å². The lowest BCUT2D eigenvalue weighted by Crippen LogP contribution is -2.46. The lowest BCUT2D eigenvalue weighted by Gasteiger charge is -2.38. The quantitative estimate of drug-likeness (QED) is 0.637. The minimum absolute atomic E-state index is 0.0396. The second-order valence-corrected chi connectivity index (χ2v) is 8.35. The average molecular weight is 409 g/mol. The first-order chi connectivity index (χ1) is 14.0. The average Bonchev–Trinajstić information content (AvgIpc) is 3.38. The Labute approximate surface area is 174 Å². The lowest BCUT2D eigenvalue weighted by molar-refractivity contribution is -0.141. The van der Waals surface area contributed by atoms with Gasteiger partial charge in [0, 0.05) is 18.3 Å². The smallest absolute Gasteiger partial charge is 0.243 e. The van der Waals surface area contributed by atoms with E-state index in [1.807, 2.05) is 23.1 Å². The van der Waals surface area contributed by atoms with E-state index in [1.165, 1.54) is 17.4 Å². The first kappa shape index (κ1) is 19.5. The SMILES string of the molecule is CC(=O)N(CC(=O)N1CCc2sccc2[C@H]1c1ccccc1C)Cc1ccco1. The van der Waals surface area contributed by atoms with E-state index in [0.29, 0.717) is 18.8 Å². The van der Waals surface area contributed by atoms with Crippen molar-refractivity contribution in [3.63, 3.8) is 0 Å². The van der Waals surface area contributed by atoms with Crippen molar-refractivity contribution in [2.24, 2.45) is 0 Å². The predicted molar refractivity (Wildman–Crippen MR) is 113 cm³/mol. The molecule has 1 aliphatic heterocycles. The van der Waals surface area contributed by atoms with E-state index in [2.05, 4.69) is 30.5 Å². The van der Waals surface area contributed by atoms with Crippen LogP contribution in [0.5, 0.6) is 0 Å². The van der Waals surface area contributed by atoms with Crippen LogP contribution in [0.4, 0.5) is 0 Å². The Morgan fingerprint density at radius 1 is 1.17 bits per heavy atom. The van der Waals surface area contributed by atoms with Crippen molar-refractivity contribution in [1.82, 2.24) is 9.80 Å². The molecule has 3 heterocycles. The molecule has 6 heteroatoms. The number of carbonyl (C=O) groups is 2.